The van der Waals surface area contributed by atoms with E-state index >= 15 is 0 Å². The topological polar surface area (TPSA) is 77.8 Å². The molecule has 2 rings (SSSR count). The number of carboxylic acid groups (broad SMARTS) is 1. The van der Waals surface area contributed by atoms with Crippen molar-refractivity contribution in [2.75, 3.05) is 6.54 Å². The standard InChI is InChI=1S/C25H33NO4/c1-20(10-9-13-21-11-5-4-6-12-21)23(27)17-15-22-16-18-24(28)26(22)19-8-3-2-7-14-25(29)30/h4-6,11-12,15,17,20,22-23,27H,2-3,7-8,10,14,16,18-19H2,1H3,(H,29,30)/t20-,22+,23-/m1/s1. The molecule has 5 nitrogen and oxygen atoms in total. The Bertz CT molecular complexity index is 762. The van der Waals surface area contributed by atoms with Crippen LogP contribution in [-0.2, 0) is 9.59 Å². The molecule has 0 bridgehead atoms. The van der Waals surface area contributed by atoms with Crippen LogP contribution in [-0.4, -0.2) is 45.7 Å². The molecule has 1 saturated heterocycles. The average molecular weight is 412 g/mol. The summed E-state index contributed by atoms with van der Waals surface area (Å²) in [5.41, 5.74) is 0.970. The molecule has 1 aromatic carbocycles. The van der Waals surface area contributed by atoms with Crippen molar-refractivity contribution in [2.24, 2.45) is 5.92 Å². The molecule has 1 aliphatic heterocycles. The zero-order valence-corrected chi connectivity index (χ0v) is 17.8. The van der Waals surface area contributed by atoms with Gasteiger partial charge in [-0.15, -0.1) is 0 Å². The molecule has 1 aliphatic rings. The van der Waals surface area contributed by atoms with E-state index in [0.29, 0.717) is 25.8 Å². The number of rotatable bonds is 11. The van der Waals surface area contributed by atoms with Crippen molar-refractivity contribution >= 4 is 11.9 Å². The van der Waals surface area contributed by atoms with E-state index in [1.807, 2.05) is 48.2 Å². The van der Waals surface area contributed by atoms with Gasteiger partial charge in [-0.3, -0.25) is 9.59 Å². The van der Waals surface area contributed by atoms with E-state index < -0.39 is 12.1 Å². The number of likely N-dealkylation sites (tertiary alicyclic amines) is 1. The summed E-state index contributed by atoms with van der Waals surface area (Å²) < 4.78 is 0. The van der Waals surface area contributed by atoms with Crippen molar-refractivity contribution in [1.29, 1.82) is 0 Å². The predicted octanol–water partition coefficient (Wildman–Crippen LogP) is 4.01. The van der Waals surface area contributed by atoms with E-state index in [0.717, 1.165) is 31.2 Å². The summed E-state index contributed by atoms with van der Waals surface area (Å²) in [6.45, 7) is 2.67. The van der Waals surface area contributed by atoms with Crippen molar-refractivity contribution in [3.05, 3.63) is 48.0 Å². The zero-order valence-electron chi connectivity index (χ0n) is 17.8. The van der Waals surface area contributed by atoms with Crippen LogP contribution in [0.4, 0.5) is 0 Å². The molecular weight excluding hydrogens is 378 g/mol. The van der Waals surface area contributed by atoms with Gasteiger partial charge in [0.05, 0.1) is 12.1 Å². The van der Waals surface area contributed by atoms with E-state index in [9.17, 15) is 14.7 Å². The molecule has 5 heteroatoms. The highest BCUT2D eigenvalue weighted by molar-refractivity contribution is 5.79. The third-order valence-electron chi connectivity index (χ3n) is 5.46. The average Bonchev–Trinajstić information content (AvgIpc) is 3.08. The number of nitrogens with zero attached hydrogens (tertiary/aromatic N) is 1. The molecule has 0 aliphatic carbocycles. The molecule has 1 amide bonds. The van der Waals surface area contributed by atoms with E-state index in [1.54, 1.807) is 6.08 Å². The van der Waals surface area contributed by atoms with E-state index in [1.165, 1.54) is 0 Å². The molecule has 0 radical (unpaired) electrons. The van der Waals surface area contributed by atoms with Crippen LogP contribution >= 0.6 is 0 Å². The van der Waals surface area contributed by atoms with Gasteiger partial charge in [0, 0.05) is 31.4 Å². The Hall–Kier alpha value is -2.58. The second kappa shape index (κ2) is 12.9. The molecule has 2 N–H and O–H groups in total. The first-order valence-electron chi connectivity index (χ1n) is 10.9. The van der Waals surface area contributed by atoms with Crippen molar-refractivity contribution in [2.45, 2.75) is 70.4 Å². The fourth-order valence-corrected chi connectivity index (χ4v) is 3.55. The van der Waals surface area contributed by atoms with Crippen LogP contribution in [0.2, 0.25) is 0 Å². The molecule has 30 heavy (non-hydrogen) atoms. The third-order valence-corrected chi connectivity index (χ3v) is 5.46. The van der Waals surface area contributed by atoms with Crippen molar-refractivity contribution < 1.29 is 19.8 Å². The van der Waals surface area contributed by atoms with Crippen molar-refractivity contribution in [3.8, 4) is 11.8 Å². The number of aliphatic hydroxyl groups excluding tert-OH is 1. The lowest BCUT2D eigenvalue weighted by molar-refractivity contribution is -0.137. The SMILES string of the molecule is C[C@H](CC#Cc1ccccc1)[C@H](O)C=C[C@H]1CCC(=O)N1CCCCCCC(=O)O. The normalized spacial score (nSPS) is 18.3. The number of carbonyl (C=O) groups excluding carboxylic acids is 1. The Morgan fingerprint density at radius 3 is 2.70 bits per heavy atom. The Morgan fingerprint density at radius 2 is 1.97 bits per heavy atom. The molecule has 0 aromatic heterocycles. The smallest absolute Gasteiger partial charge is 0.303 e. The van der Waals surface area contributed by atoms with Crippen LogP contribution in [0.3, 0.4) is 0 Å². The van der Waals surface area contributed by atoms with Crippen LogP contribution in [0.15, 0.2) is 42.5 Å². The quantitative estimate of drug-likeness (QED) is 0.328. The fraction of sp³-hybridized carbons (Fsp3) is 0.520. The van der Waals surface area contributed by atoms with Crippen LogP contribution in [0.25, 0.3) is 0 Å². The van der Waals surface area contributed by atoms with Crippen LogP contribution < -0.4 is 0 Å². The highest BCUT2D eigenvalue weighted by Crippen LogP contribution is 2.22. The minimum atomic E-state index is -0.756. The molecule has 0 saturated carbocycles. The van der Waals surface area contributed by atoms with Crippen LogP contribution in [0, 0.1) is 17.8 Å². The number of aliphatic hydroxyl groups is 1. The van der Waals surface area contributed by atoms with E-state index in [4.69, 9.17) is 5.11 Å². The third kappa shape index (κ3) is 8.42. The Labute approximate surface area is 179 Å². The maximum absolute atomic E-state index is 12.2. The second-order valence-corrected chi connectivity index (χ2v) is 7.98. The summed E-state index contributed by atoms with van der Waals surface area (Å²) >= 11 is 0. The van der Waals surface area contributed by atoms with Gasteiger partial charge in [-0.2, -0.15) is 0 Å². The van der Waals surface area contributed by atoms with E-state index in [2.05, 4.69) is 11.8 Å². The number of unbranched alkanes of at least 4 members (excludes halogenated alkanes) is 3. The number of hydrogen-bond donors (Lipinski definition) is 2. The number of carboxylic acids is 1. The molecule has 1 fully saturated rings. The van der Waals surface area contributed by atoms with Gasteiger partial charge in [0.25, 0.3) is 0 Å². The number of benzene rings is 1. The number of hydrogen-bond acceptors (Lipinski definition) is 3. The largest absolute Gasteiger partial charge is 0.481 e. The Morgan fingerprint density at radius 1 is 1.23 bits per heavy atom. The highest BCUT2D eigenvalue weighted by atomic mass is 16.4. The van der Waals surface area contributed by atoms with Crippen LogP contribution in [0.5, 0.6) is 0 Å². The summed E-state index contributed by atoms with van der Waals surface area (Å²) in [5, 5.41) is 19.1. The van der Waals surface area contributed by atoms with Crippen molar-refractivity contribution in [3.63, 3.8) is 0 Å². The lowest BCUT2D eigenvalue weighted by Gasteiger charge is -2.23. The summed E-state index contributed by atoms with van der Waals surface area (Å²) in [4.78, 5) is 24.6. The van der Waals surface area contributed by atoms with Gasteiger partial charge in [0.15, 0.2) is 0 Å². The molecule has 0 spiro atoms. The molecule has 1 heterocycles. The minimum absolute atomic E-state index is 0.0113. The Kier molecular flexibility index (Phi) is 10.2. The summed E-state index contributed by atoms with van der Waals surface area (Å²) in [5.74, 6) is 5.66. The zero-order chi connectivity index (χ0) is 21.8. The number of amides is 1. The van der Waals surface area contributed by atoms with Gasteiger partial charge < -0.3 is 15.1 Å². The first-order valence-corrected chi connectivity index (χ1v) is 10.9. The first-order chi connectivity index (χ1) is 14.5. The maximum Gasteiger partial charge on any atom is 0.303 e. The van der Waals surface area contributed by atoms with Gasteiger partial charge in [-0.05, 0) is 37.3 Å². The lowest BCUT2D eigenvalue weighted by atomic mass is 9.99. The van der Waals surface area contributed by atoms with Gasteiger partial charge >= 0.3 is 5.97 Å². The van der Waals surface area contributed by atoms with Crippen molar-refractivity contribution in [1.82, 2.24) is 4.90 Å². The summed E-state index contributed by atoms with van der Waals surface area (Å²) in [7, 11) is 0. The number of aliphatic carboxylic acids is 1. The predicted molar refractivity (Wildman–Crippen MR) is 118 cm³/mol. The van der Waals surface area contributed by atoms with Gasteiger partial charge in [-0.25, -0.2) is 0 Å². The molecule has 3 atom stereocenters. The van der Waals surface area contributed by atoms with E-state index in [-0.39, 0.29) is 24.3 Å². The summed E-state index contributed by atoms with van der Waals surface area (Å²) in [6.07, 6.45) is 8.66. The minimum Gasteiger partial charge on any atom is -0.481 e. The van der Waals surface area contributed by atoms with Crippen LogP contribution in [0.1, 0.15) is 63.9 Å². The van der Waals surface area contributed by atoms with Gasteiger partial charge in [0.1, 0.15) is 0 Å². The summed E-state index contributed by atoms with van der Waals surface area (Å²) in [6, 6.07) is 9.83. The molecule has 0 unspecified atom stereocenters. The number of carbonyl (C=O) groups is 2. The molecular formula is C25H33NO4. The second-order valence-electron chi connectivity index (χ2n) is 7.98. The fourth-order valence-electron chi connectivity index (χ4n) is 3.55. The highest BCUT2D eigenvalue weighted by Gasteiger charge is 2.28. The van der Waals surface area contributed by atoms with Gasteiger partial charge in [0.2, 0.25) is 5.91 Å². The van der Waals surface area contributed by atoms with Gasteiger partial charge in [-0.1, -0.05) is 62.0 Å². The molecule has 1 aromatic rings. The maximum atomic E-state index is 12.2. The molecule has 162 valence electrons. The Balaban J connectivity index is 1.76. The monoisotopic (exact) mass is 411 g/mol. The lowest BCUT2D eigenvalue weighted by Crippen LogP contribution is -2.33. The first kappa shape index (κ1) is 23.7.